The van der Waals surface area contributed by atoms with Crippen LogP contribution in [0.15, 0.2) is 24.5 Å². The fourth-order valence-electron chi connectivity index (χ4n) is 4.92. The molecule has 2 aliphatic heterocycles. The lowest BCUT2D eigenvalue weighted by Gasteiger charge is -2.46. The van der Waals surface area contributed by atoms with Crippen molar-refractivity contribution in [3.05, 3.63) is 47.3 Å². The van der Waals surface area contributed by atoms with E-state index in [-0.39, 0.29) is 5.41 Å². The lowest BCUT2D eigenvalue weighted by molar-refractivity contribution is 0.0995. The van der Waals surface area contributed by atoms with Crippen LogP contribution in [0.2, 0.25) is 0 Å². The van der Waals surface area contributed by atoms with Gasteiger partial charge in [0.25, 0.3) is 0 Å². The Balaban J connectivity index is 1.72. The van der Waals surface area contributed by atoms with Gasteiger partial charge in [-0.15, -0.1) is 0 Å². The molecule has 5 nitrogen and oxygen atoms in total. The first-order chi connectivity index (χ1) is 12.5. The number of likely N-dealkylation sites (tertiary alicyclic amines) is 1. The molecule has 1 spiro atoms. The topological polar surface area (TPSA) is 37.2 Å². The Kier molecular flexibility index (Phi) is 4.61. The molecule has 26 heavy (non-hydrogen) atoms. The molecule has 5 heteroatoms. The van der Waals surface area contributed by atoms with E-state index < -0.39 is 0 Å². The predicted molar refractivity (Wildman–Crippen MR) is 104 cm³/mol. The lowest BCUT2D eigenvalue weighted by atomic mass is 9.72. The zero-order valence-electron chi connectivity index (χ0n) is 16.6. The van der Waals surface area contributed by atoms with Crippen LogP contribution in [-0.4, -0.2) is 51.0 Å². The first kappa shape index (κ1) is 17.7. The smallest absolute Gasteiger partial charge is 0.106 e. The summed E-state index contributed by atoms with van der Waals surface area (Å²) < 4.78 is 2.46. The van der Waals surface area contributed by atoms with Crippen LogP contribution in [0.3, 0.4) is 0 Å². The largest absolute Gasteiger partial charge is 0.328 e. The summed E-state index contributed by atoms with van der Waals surface area (Å²) in [5, 5.41) is 0. The molecule has 2 aliphatic rings. The second kappa shape index (κ2) is 6.78. The van der Waals surface area contributed by atoms with Crippen molar-refractivity contribution in [2.45, 2.75) is 58.2 Å². The van der Waals surface area contributed by atoms with E-state index in [0.29, 0.717) is 6.04 Å². The average molecular weight is 354 g/mol. The number of piperidine rings is 1. The van der Waals surface area contributed by atoms with Gasteiger partial charge in [0.15, 0.2) is 0 Å². The highest BCUT2D eigenvalue weighted by atomic mass is 15.2. The number of rotatable bonds is 3. The number of aryl methyl sites for hydroxylation is 1. The van der Waals surface area contributed by atoms with Gasteiger partial charge in [0.2, 0.25) is 0 Å². The predicted octanol–water partition coefficient (Wildman–Crippen LogP) is 3.15. The maximum atomic E-state index is 5.12. The van der Waals surface area contributed by atoms with Crippen LogP contribution in [0.5, 0.6) is 0 Å². The van der Waals surface area contributed by atoms with Crippen LogP contribution in [0, 0.1) is 6.92 Å². The SMILES string of the molecule is Cc1nc2c(n1C(C)C)CN(Cc1cccnc1)CC21CCN(C)CC1. The van der Waals surface area contributed by atoms with Crippen LogP contribution in [0.1, 0.15) is 55.5 Å². The summed E-state index contributed by atoms with van der Waals surface area (Å²) in [6.07, 6.45) is 6.26. The van der Waals surface area contributed by atoms with Crippen LogP contribution >= 0.6 is 0 Å². The molecule has 0 bridgehead atoms. The van der Waals surface area contributed by atoms with Gasteiger partial charge in [0.1, 0.15) is 5.82 Å². The Morgan fingerprint density at radius 1 is 1.23 bits per heavy atom. The van der Waals surface area contributed by atoms with E-state index in [1.807, 2.05) is 18.5 Å². The molecule has 0 aromatic carbocycles. The quantitative estimate of drug-likeness (QED) is 0.849. The summed E-state index contributed by atoms with van der Waals surface area (Å²) in [4.78, 5) is 14.5. The molecule has 0 atom stereocenters. The van der Waals surface area contributed by atoms with Gasteiger partial charge in [-0.1, -0.05) is 6.07 Å². The summed E-state index contributed by atoms with van der Waals surface area (Å²) in [7, 11) is 2.24. The maximum Gasteiger partial charge on any atom is 0.106 e. The van der Waals surface area contributed by atoms with Crippen LogP contribution in [0.4, 0.5) is 0 Å². The van der Waals surface area contributed by atoms with Gasteiger partial charge >= 0.3 is 0 Å². The Morgan fingerprint density at radius 2 is 2.00 bits per heavy atom. The molecule has 2 aromatic heterocycles. The Morgan fingerprint density at radius 3 is 2.65 bits per heavy atom. The van der Waals surface area contributed by atoms with E-state index in [2.05, 4.69) is 53.2 Å². The van der Waals surface area contributed by atoms with Gasteiger partial charge in [-0.25, -0.2) is 4.98 Å². The normalized spacial score (nSPS) is 20.7. The minimum Gasteiger partial charge on any atom is -0.328 e. The Hall–Kier alpha value is -1.72. The maximum absolute atomic E-state index is 5.12. The molecule has 4 rings (SSSR count). The number of hydrogen-bond acceptors (Lipinski definition) is 4. The molecule has 140 valence electrons. The summed E-state index contributed by atoms with van der Waals surface area (Å²) in [5.74, 6) is 1.17. The van der Waals surface area contributed by atoms with Crippen molar-refractivity contribution in [3.63, 3.8) is 0 Å². The van der Waals surface area contributed by atoms with Gasteiger partial charge in [-0.05, 0) is 65.4 Å². The number of pyridine rings is 1. The average Bonchev–Trinajstić information content (AvgIpc) is 2.95. The van der Waals surface area contributed by atoms with E-state index in [4.69, 9.17) is 4.98 Å². The monoisotopic (exact) mass is 353 g/mol. The highest BCUT2D eigenvalue weighted by Crippen LogP contribution is 2.42. The first-order valence-corrected chi connectivity index (χ1v) is 9.86. The fraction of sp³-hybridized carbons (Fsp3) is 0.619. The number of nitrogens with zero attached hydrogens (tertiary/aromatic N) is 5. The van der Waals surface area contributed by atoms with E-state index in [1.165, 1.54) is 35.6 Å². The van der Waals surface area contributed by atoms with Crippen molar-refractivity contribution in [2.75, 3.05) is 26.7 Å². The zero-order valence-corrected chi connectivity index (χ0v) is 16.6. The van der Waals surface area contributed by atoms with Crippen molar-refractivity contribution >= 4 is 0 Å². The third-order valence-electron chi connectivity index (χ3n) is 6.18. The molecule has 0 amide bonds. The molecule has 0 aliphatic carbocycles. The number of imidazole rings is 1. The van der Waals surface area contributed by atoms with Gasteiger partial charge < -0.3 is 9.47 Å². The molecular weight excluding hydrogens is 322 g/mol. The van der Waals surface area contributed by atoms with E-state index >= 15 is 0 Å². The molecule has 0 N–H and O–H groups in total. The Bertz CT molecular complexity index is 756. The summed E-state index contributed by atoms with van der Waals surface area (Å²) >= 11 is 0. The molecule has 1 fully saturated rings. The van der Waals surface area contributed by atoms with Gasteiger partial charge in [0.05, 0.1) is 11.4 Å². The second-order valence-corrected chi connectivity index (χ2v) is 8.51. The molecular formula is C21H31N5. The molecule has 4 heterocycles. The van der Waals surface area contributed by atoms with Crippen LogP contribution in [-0.2, 0) is 18.5 Å². The first-order valence-electron chi connectivity index (χ1n) is 9.86. The van der Waals surface area contributed by atoms with E-state index in [9.17, 15) is 0 Å². The third-order valence-corrected chi connectivity index (χ3v) is 6.18. The van der Waals surface area contributed by atoms with Gasteiger partial charge in [-0.3, -0.25) is 9.88 Å². The summed E-state index contributed by atoms with van der Waals surface area (Å²) in [6.45, 7) is 12.1. The van der Waals surface area contributed by atoms with Gasteiger partial charge in [-0.2, -0.15) is 0 Å². The second-order valence-electron chi connectivity index (χ2n) is 8.51. The van der Waals surface area contributed by atoms with E-state index in [0.717, 1.165) is 32.7 Å². The molecule has 1 saturated heterocycles. The lowest BCUT2D eigenvalue weighted by Crippen LogP contribution is -2.51. The minimum atomic E-state index is 0.202. The molecule has 0 radical (unpaired) electrons. The highest BCUT2D eigenvalue weighted by molar-refractivity contribution is 5.31. The summed E-state index contributed by atoms with van der Waals surface area (Å²) in [6, 6.07) is 4.68. The number of hydrogen-bond donors (Lipinski definition) is 0. The van der Waals surface area contributed by atoms with E-state index in [1.54, 1.807) is 0 Å². The highest BCUT2D eigenvalue weighted by Gasteiger charge is 2.44. The van der Waals surface area contributed by atoms with Gasteiger partial charge in [0, 0.05) is 43.5 Å². The summed E-state index contributed by atoms with van der Waals surface area (Å²) in [5.41, 5.74) is 4.33. The Labute approximate surface area is 157 Å². The van der Waals surface area contributed by atoms with Crippen molar-refractivity contribution < 1.29 is 0 Å². The molecule has 0 unspecified atom stereocenters. The van der Waals surface area contributed by atoms with Crippen LogP contribution in [0.25, 0.3) is 0 Å². The standard InChI is InChI=1S/C21H31N5/c1-16(2)26-17(3)23-20-19(26)14-25(13-18-6-5-9-22-12-18)15-21(20)7-10-24(4)11-8-21/h5-6,9,12,16H,7-8,10-11,13-15H2,1-4H3. The number of aromatic nitrogens is 3. The third kappa shape index (κ3) is 3.08. The molecule has 2 aromatic rings. The van der Waals surface area contributed by atoms with Crippen molar-refractivity contribution in [2.24, 2.45) is 0 Å². The fourth-order valence-corrected chi connectivity index (χ4v) is 4.92. The molecule has 0 saturated carbocycles. The minimum absolute atomic E-state index is 0.202. The van der Waals surface area contributed by atoms with Crippen molar-refractivity contribution in [1.29, 1.82) is 0 Å². The number of fused-ring (bicyclic) bond motifs is 2. The van der Waals surface area contributed by atoms with Crippen LogP contribution < -0.4 is 0 Å². The van der Waals surface area contributed by atoms with Crippen molar-refractivity contribution in [3.8, 4) is 0 Å². The van der Waals surface area contributed by atoms with Crippen molar-refractivity contribution in [1.82, 2.24) is 24.3 Å². The zero-order chi connectivity index (χ0) is 18.3.